The molecular weight excluding hydrogens is 392 g/mol. The SMILES string of the molecule is O=S(=O)(c1ccccc1)n1cc(-c2ccoc2)c2cc(-c3cccs3)cnc21. The Morgan fingerprint density at radius 3 is 2.57 bits per heavy atom. The topological polar surface area (TPSA) is 65.1 Å². The first-order valence-corrected chi connectivity index (χ1v) is 10.8. The van der Waals surface area contributed by atoms with Gasteiger partial charge in [-0.3, -0.25) is 0 Å². The zero-order valence-electron chi connectivity index (χ0n) is 14.5. The number of hydrogen-bond donors (Lipinski definition) is 0. The highest BCUT2D eigenvalue weighted by molar-refractivity contribution is 7.90. The maximum atomic E-state index is 13.2. The summed E-state index contributed by atoms with van der Waals surface area (Å²) >= 11 is 1.61. The van der Waals surface area contributed by atoms with Crippen molar-refractivity contribution >= 4 is 32.4 Å². The van der Waals surface area contributed by atoms with E-state index in [9.17, 15) is 8.42 Å². The summed E-state index contributed by atoms with van der Waals surface area (Å²) in [6.45, 7) is 0. The standard InChI is InChI=1S/C21H14N2O3S2/c24-28(25,17-5-2-1-3-6-17)23-13-19(15-8-9-26-14-15)18-11-16(12-22-21(18)23)20-7-4-10-27-20/h1-14H. The largest absolute Gasteiger partial charge is 0.472 e. The van der Waals surface area contributed by atoms with Crippen molar-refractivity contribution in [3.63, 3.8) is 0 Å². The average Bonchev–Trinajstić information content (AvgIpc) is 3.48. The van der Waals surface area contributed by atoms with Crippen LogP contribution in [-0.2, 0) is 10.0 Å². The van der Waals surface area contributed by atoms with E-state index in [4.69, 9.17) is 4.42 Å². The molecule has 4 aromatic heterocycles. The quantitative estimate of drug-likeness (QED) is 0.408. The van der Waals surface area contributed by atoms with Crippen molar-refractivity contribution < 1.29 is 12.8 Å². The van der Waals surface area contributed by atoms with E-state index in [2.05, 4.69) is 4.98 Å². The molecule has 0 unspecified atom stereocenters. The predicted octanol–water partition coefficient (Wildman–Crippen LogP) is 5.26. The van der Waals surface area contributed by atoms with Gasteiger partial charge in [-0.15, -0.1) is 11.3 Å². The van der Waals surface area contributed by atoms with Gasteiger partial charge in [0.1, 0.15) is 0 Å². The van der Waals surface area contributed by atoms with Gasteiger partial charge in [-0.2, -0.15) is 0 Å². The van der Waals surface area contributed by atoms with E-state index in [1.807, 2.05) is 29.6 Å². The minimum Gasteiger partial charge on any atom is -0.472 e. The minimum atomic E-state index is -3.78. The molecule has 0 N–H and O–H groups in total. The molecule has 0 aliphatic heterocycles. The Morgan fingerprint density at radius 1 is 1.00 bits per heavy atom. The Balaban J connectivity index is 1.80. The molecule has 0 radical (unpaired) electrons. The average molecular weight is 406 g/mol. The molecule has 0 aliphatic carbocycles. The van der Waals surface area contributed by atoms with Crippen molar-refractivity contribution in [2.45, 2.75) is 4.90 Å². The molecule has 0 bridgehead atoms. The maximum Gasteiger partial charge on any atom is 0.269 e. The van der Waals surface area contributed by atoms with Crippen LogP contribution in [0.4, 0.5) is 0 Å². The summed E-state index contributed by atoms with van der Waals surface area (Å²) in [6.07, 6.45) is 6.50. The molecule has 138 valence electrons. The van der Waals surface area contributed by atoms with E-state index in [0.717, 1.165) is 27.0 Å². The lowest BCUT2D eigenvalue weighted by Crippen LogP contribution is -2.12. The molecule has 0 atom stereocenters. The van der Waals surface area contributed by atoms with Gasteiger partial charge in [0.15, 0.2) is 5.65 Å². The van der Waals surface area contributed by atoms with E-state index in [-0.39, 0.29) is 4.90 Å². The van der Waals surface area contributed by atoms with Crippen molar-refractivity contribution in [2.75, 3.05) is 0 Å². The van der Waals surface area contributed by atoms with Crippen molar-refractivity contribution in [3.8, 4) is 21.6 Å². The Labute approximate surface area is 165 Å². The van der Waals surface area contributed by atoms with Crippen LogP contribution in [0.3, 0.4) is 0 Å². The van der Waals surface area contributed by atoms with Crippen LogP contribution in [0.15, 0.2) is 94.2 Å². The lowest BCUT2D eigenvalue weighted by molar-refractivity contribution is 0.568. The number of pyridine rings is 1. The van der Waals surface area contributed by atoms with Crippen LogP contribution in [0.5, 0.6) is 0 Å². The Bertz CT molecular complexity index is 1350. The first kappa shape index (κ1) is 17.0. The van der Waals surface area contributed by atoms with Crippen molar-refractivity contribution in [1.82, 2.24) is 8.96 Å². The van der Waals surface area contributed by atoms with E-state index in [1.165, 1.54) is 3.97 Å². The summed E-state index contributed by atoms with van der Waals surface area (Å²) in [5, 5.41) is 2.76. The van der Waals surface area contributed by atoms with Gasteiger partial charge in [-0.05, 0) is 35.7 Å². The van der Waals surface area contributed by atoms with E-state index >= 15 is 0 Å². The smallest absolute Gasteiger partial charge is 0.269 e. The van der Waals surface area contributed by atoms with Crippen LogP contribution in [0, 0.1) is 0 Å². The van der Waals surface area contributed by atoms with Gasteiger partial charge in [0.25, 0.3) is 10.0 Å². The molecule has 0 amide bonds. The number of benzene rings is 1. The van der Waals surface area contributed by atoms with Gasteiger partial charge >= 0.3 is 0 Å². The fourth-order valence-corrected chi connectivity index (χ4v) is 5.25. The van der Waals surface area contributed by atoms with Gasteiger partial charge in [0.05, 0.1) is 17.4 Å². The molecule has 7 heteroatoms. The summed E-state index contributed by atoms with van der Waals surface area (Å²) in [5.41, 5.74) is 2.90. The lowest BCUT2D eigenvalue weighted by atomic mass is 10.1. The molecular formula is C21H14N2O3S2. The number of rotatable bonds is 4. The van der Waals surface area contributed by atoms with E-state index < -0.39 is 10.0 Å². The van der Waals surface area contributed by atoms with E-state index in [0.29, 0.717) is 5.65 Å². The highest BCUT2D eigenvalue weighted by Crippen LogP contribution is 2.35. The second-order valence-electron chi connectivity index (χ2n) is 6.24. The fraction of sp³-hybridized carbons (Fsp3) is 0. The van der Waals surface area contributed by atoms with Crippen LogP contribution >= 0.6 is 11.3 Å². The first-order chi connectivity index (χ1) is 13.6. The second kappa shape index (κ2) is 6.47. The highest BCUT2D eigenvalue weighted by atomic mass is 32.2. The van der Waals surface area contributed by atoms with Crippen molar-refractivity contribution in [1.29, 1.82) is 0 Å². The molecule has 0 spiro atoms. The summed E-state index contributed by atoms with van der Waals surface area (Å²) in [4.78, 5) is 5.81. The lowest BCUT2D eigenvalue weighted by Gasteiger charge is -2.07. The van der Waals surface area contributed by atoms with Gasteiger partial charge in [-0.25, -0.2) is 17.4 Å². The zero-order chi connectivity index (χ0) is 19.1. The van der Waals surface area contributed by atoms with Gasteiger partial charge in [-0.1, -0.05) is 24.3 Å². The minimum absolute atomic E-state index is 0.217. The molecule has 5 aromatic rings. The van der Waals surface area contributed by atoms with Crippen LogP contribution in [0.2, 0.25) is 0 Å². The van der Waals surface area contributed by atoms with Crippen molar-refractivity contribution in [3.05, 3.63) is 84.9 Å². The predicted molar refractivity (Wildman–Crippen MR) is 110 cm³/mol. The molecule has 5 rings (SSSR count). The Hall–Kier alpha value is -3.16. The van der Waals surface area contributed by atoms with Gasteiger partial charge in [0, 0.05) is 39.3 Å². The molecule has 5 nitrogen and oxygen atoms in total. The summed E-state index contributed by atoms with van der Waals surface area (Å²) in [7, 11) is -3.78. The summed E-state index contributed by atoms with van der Waals surface area (Å²) < 4.78 is 33.0. The molecule has 0 fully saturated rings. The third kappa shape index (κ3) is 2.67. The number of thiophene rings is 1. The second-order valence-corrected chi connectivity index (χ2v) is 9.00. The molecule has 0 saturated carbocycles. The van der Waals surface area contributed by atoms with Gasteiger partial charge < -0.3 is 4.42 Å². The van der Waals surface area contributed by atoms with Crippen LogP contribution < -0.4 is 0 Å². The van der Waals surface area contributed by atoms with Crippen LogP contribution in [-0.4, -0.2) is 17.4 Å². The third-order valence-electron chi connectivity index (χ3n) is 4.55. The van der Waals surface area contributed by atoms with Crippen molar-refractivity contribution in [2.24, 2.45) is 0 Å². The summed E-state index contributed by atoms with van der Waals surface area (Å²) in [5.74, 6) is 0. The Kier molecular flexibility index (Phi) is 3.92. The summed E-state index contributed by atoms with van der Waals surface area (Å²) in [6, 6.07) is 16.1. The number of fused-ring (bicyclic) bond motifs is 1. The number of furan rings is 1. The zero-order valence-corrected chi connectivity index (χ0v) is 16.2. The van der Waals surface area contributed by atoms with Crippen LogP contribution in [0.1, 0.15) is 0 Å². The maximum absolute atomic E-state index is 13.2. The monoisotopic (exact) mass is 406 g/mol. The third-order valence-corrected chi connectivity index (χ3v) is 7.13. The van der Waals surface area contributed by atoms with Gasteiger partial charge in [0.2, 0.25) is 0 Å². The molecule has 28 heavy (non-hydrogen) atoms. The Morgan fingerprint density at radius 2 is 1.86 bits per heavy atom. The van der Waals surface area contributed by atoms with E-state index in [1.54, 1.807) is 66.6 Å². The fourth-order valence-electron chi connectivity index (χ4n) is 3.19. The first-order valence-electron chi connectivity index (χ1n) is 8.53. The molecule has 4 heterocycles. The molecule has 0 aliphatic rings. The van der Waals surface area contributed by atoms with Crippen LogP contribution in [0.25, 0.3) is 32.6 Å². The molecule has 0 saturated heterocycles. The number of aromatic nitrogens is 2. The molecule has 1 aromatic carbocycles. The number of hydrogen-bond acceptors (Lipinski definition) is 5. The highest BCUT2D eigenvalue weighted by Gasteiger charge is 2.23. The number of nitrogens with zero attached hydrogens (tertiary/aromatic N) is 2. The normalized spacial score (nSPS) is 11.9.